The number of carbonyl (C=O) groups excluding carboxylic acids is 2. The van der Waals surface area contributed by atoms with E-state index in [-0.39, 0.29) is 35.9 Å². The summed E-state index contributed by atoms with van der Waals surface area (Å²) in [6.07, 6.45) is 13.6. The molecule has 1 fully saturated rings. The van der Waals surface area contributed by atoms with Crippen LogP contribution in [0.4, 0.5) is 15.3 Å². The molecule has 1 saturated heterocycles. The van der Waals surface area contributed by atoms with Crippen molar-refractivity contribution in [2.24, 2.45) is 0 Å². The quantitative estimate of drug-likeness (QED) is 0.174. The van der Waals surface area contributed by atoms with Crippen molar-refractivity contribution >= 4 is 51.8 Å². The zero-order valence-electron chi connectivity index (χ0n) is 25.1. The summed E-state index contributed by atoms with van der Waals surface area (Å²) in [5.41, 5.74) is 1.28. The SMILES string of the molecule is C#C.Cc1ccnc(Nc2ncc(Sc3ccnc(C(=O)NCC4(c5ccccc5)CCN(C(=O)CCC(=O)O)CC4)c3F)s2)c1. The van der Waals surface area contributed by atoms with Crippen molar-refractivity contribution in [2.45, 2.75) is 47.1 Å². The van der Waals surface area contributed by atoms with Crippen molar-refractivity contribution in [3.63, 3.8) is 0 Å². The second-order valence-corrected chi connectivity index (χ2v) is 12.9. The Labute approximate surface area is 274 Å². The van der Waals surface area contributed by atoms with Crippen LogP contribution in [0.15, 0.2) is 76.2 Å². The third kappa shape index (κ3) is 8.68. The van der Waals surface area contributed by atoms with Crippen LogP contribution in [-0.2, 0) is 15.0 Å². The highest BCUT2D eigenvalue weighted by Gasteiger charge is 2.38. The predicted molar refractivity (Wildman–Crippen MR) is 176 cm³/mol. The average Bonchev–Trinajstić information content (AvgIpc) is 3.51. The van der Waals surface area contributed by atoms with Gasteiger partial charge in [-0.15, -0.1) is 12.8 Å². The van der Waals surface area contributed by atoms with Crippen molar-refractivity contribution in [1.29, 1.82) is 0 Å². The Morgan fingerprint density at radius 1 is 1.04 bits per heavy atom. The first-order chi connectivity index (χ1) is 22.2. The van der Waals surface area contributed by atoms with Crippen LogP contribution in [0.5, 0.6) is 0 Å². The molecule has 3 aromatic heterocycles. The number of hydrogen-bond donors (Lipinski definition) is 3. The molecule has 0 atom stereocenters. The van der Waals surface area contributed by atoms with E-state index in [4.69, 9.17) is 5.11 Å². The van der Waals surface area contributed by atoms with Crippen molar-refractivity contribution < 1.29 is 23.9 Å². The number of carbonyl (C=O) groups is 3. The molecule has 238 valence electrons. The summed E-state index contributed by atoms with van der Waals surface area (Å²) in [6.45, 7) is 3.04. The average molecular weight is 661 g/mol. The second-order valence-electron chi connectivity index (χ2n) is 10.5. The van der Waals surface area contributed by atoms with Gasteiger partial charge in [0.1, 0.15) is 5.82 Å². The first kappa shape index (κ1) is 34.1. The number of aliphatic carboxylic acids is 1. The summed E-state index contributed by atoms with van der Waals surface area (Å²) >= 11 is 2.50. The van der Waals surface area contributed by atoms with Crippen LogP contribution in [0.3, 0.4) is 0 Å². The Morgan fingerprint density at radius 2 is 1.76 bits per heavy atom. The minimum atomic E-state index is -1.01. The van der Waals surface area contributed by atoms with Gasteiger partial charge in [-0.3, -0.25) is 14.4 Å². The minimum absolute atomic E-state index is 0.0486. The number of rotatable bonds is 11. The molecule has 4 aromatic rings. The number of piperidine rings is 1. The summed E-state index contributed by atoms with van der Waals surface area (Å²) in [4.78, 5) is 51.3. The number of carboxylic acid groups (broad SMARTS) is 1. The topological polar surface area (TPSA) is 137 Å². The van der Waals surface area contributed by atoms with E-state index in [0.717, 1.165) is 27.1 Å². The molecule has 46 heavy (non-hydrogen) atoms. The van der Waals surface area contributed by atoms with E-state index in [1.54, 1.807) is 17.3 Å². The molecule has 3 N–H and O–H groups in total. The van der Waals surface area contributed by atoms with Gasteiger partial charge in [0.05, 0.1) is 21.7 Å². The molecule has 0 saturated carbocycles. The molecule has 10 nitrogen and oxygen atoms in total. The predicted octanol–water partition coefficient (Wildman–Crippen LogP) is 5.68. The first-order valence-corrected chi connectivity index (χ1v) is 16.0. The molecule has 0 radical (unpaired) electrons. The smallest absolute Gasteiger partial charge is 0.303 e. The molecule has 4 heterocycles. The molecule has 1 aromatic carbocycles. The summed E-state index contributed by atoms with van der Waals surface area (Å²) in [5.74, 6) is -1.89. The zero-order chi connectivity index (χ0) is 33.1. The van der Waals surface area contributed by atoms with Crippen LogP contribution in [0.25, 0.3) is 0 Å². The molecule has 0 unspecified atom stereocenters. The number of carboxylic acids is 1. The molecule has 13 heteroatoms. The maximum absolute atomic E-state index is 15.6. The molecule has 1 aliphatic rings. The van der Waals surface area contributed by atoms with Gasteiger partial charge < -0.3 is 20.6 Å². The third-order valence-electron chi connectivity index (χ3n) is 7.51. The van der Waals surface area contributed by atoms with Gasteiger partial charge in [0.15, 0.2) is 16.6 Å². The normalized spacial score (nSPS) is 13.6. The van der Waals surface area contributed by atoms with E-state index in [1.807, 2.05) is 49.4 Å². The lowest BCUT2D eigenvalue weighted by Gasteiger charge is -2.42. The number of halogens is 1. The van der Waals surface area contributed by atoms with Gasteiger partial charge in [0, 0.05) is 43.9 Å². The van der Waals surface area contributed by atoms with E-state index < -0.39 is 23.1 Å². The maximum atomic E-state index is 15.6. The van der Waals surface area contributed by atoms with E-state index in [1.165, 1.54) is 23.6 Å². The molecule has 0 bridgehead atoms. The van der Waals surface area contributed by atoms with Gasteiger partial charge in [0.2, 0.25) is 5.91 Å². The lowest BCUT2D eigenvalue weighted by molar-refractivity contribution is -0.141. The molecule has 5 rings (SSSR count). The summed E-state index contributed by atoms with van der Waals surface area (Å²) in [7, 11) is 0. The molecule has 2 amide bonds. The number of anilines is 2. The molecular formula is C33H33FN6O4S2. The molecule has 0 spiro atoms. The minimum Gasteiger partial charge on any atom is -0.481 e. The Hall–Kier alpha value is -4.80. The fourth-order valence-electron chi connectivity index (χ4n) is 5.10. The monoisotopic (exact) mass is 660 g/mol. The van der Waals surface area contributed by atoms with Crippen molar-refractivity contribution in [3.8, 4) is 12.8 Å². The first-order valence-electron chi connectivity index (χ1n) is 14.4. The van der Waals surface area contributed by atoms with Crippen molar-refractivity contribution in [1.82, 2.24) is 25.2 Å². The second kappa shape index (κ2) is 16.0. The number of thiazole rings is 1. The highest BCUT2D eigenvalue weighted by Crippen LogP contribution is 2.37. The van der Waals surface area contributed by atoms with Crippen LogP contribution in [-0.4, -0.2) is 62.4 Å². The Bertz CT molecular complexity index is 1690. The lowest BCUT2D eigenvalue weighted by atomic mass is 9.72. The number of amides is 2. The third-order valence-corrected chi connectivity index (χ3v) is 9.56. The Balaban J connectivity index is 0.00000235. The van der Waals surface area contributed by atoms with Crippen LogP contribution in [0, 0.1) is 25.6 Å². The van der Waals surface area contributed by atoms with Crippen molar-refractivity contribution in [2.75, 3.05) is 25.0 Å². The van der Waals surface area contributed by atoms with Gasteiger partial charge in [-0.1, -0.05) is 53.4 Å². The van der Waals surface area contributed by atoms with Gasteiger partial charge in [-0.25, -0.2) is 19.3 Å². The van der Waals surface area contributed by atoms with Crippen LogP contribution in [0.1, 0.15) is 47.3 Å². The Morgan fingerprint density at radius 3 is 2.46 bits per heavy atom. The summed E-state index contributed by atoms with van der Waals surface area (Å²) in [5, 5.41) is 15.6. The largest absolute Gasteiger partial charge is 0.481 e. The van der Waals surface area contributed by atoms with Crippen LogP contribution < -0.4 is 10.6 Å². The van der Waals surface area contributed by atoms with E-state index in [9.17, 15) is 14.4 Å². The highest BCUT2D eigenvalue weighted by molar-refractivity contribution is 8.01. The summed E-state index contributed by atoms with van der Waals surface area (Å²) in [6, 6.07) is 15.0. The van der Waals surface area contributed by atoms with E-state index >= 15 is 4.39 Å². The number of aryl methyl sites for hydroxylation is 1. The number of pyridine rings is 2. The number of nitrogens with zero attached hydrogens (tertiary/aromatic N) is 4. The van der Waals surface area contributed by atoms with Gasteiger partial charge in [-0.05, 0) is 49.1 Å². The van der Waals surface area contributed by atoms with Gasteiger partial charge in [-0.2, -0.15) is 0 Å². The number of likely N-dealkylation sites (tertiary alicyclic amines) is 1. The Kier molecular flexibility index (Phi) is 11.8. The van der Waals surface area contributed by atoms with Gasteiger partial charge >= 0.3 is 5.97 Å². The molecule has 1 aliphatic heterocycles. The molecular weight excluding hydrogens is 628 g/mol. The fourth-order valence-corrected chi connectivity index (χ4v) is 6.97. The molecule has 0 aliphatic carbocycles. The highest BCUT2D eigenvalue weighted by atomic mass is 32.2. The van der Waals surface area contributed by atoms with E-state index in [2.05, 4.69) is 38.4 Å². The standard InChI is InChI=1S/C31H31FN6O4S2.C2H2/c1-20-9-13-33-23(17-20)37-30-35-18-26(44-30)43-22-10-14-34-28(27(22)32)29(42)36-19-31(21-5-3-2-4-6-21)11-15-38(16-12-31)24(39)7-8-25(40)41;1-2/h2-6,9-10,13-14,17-18H,7-8,11-12,15-16,19H2,1H3,(H,36,42)(H,40,41)(H,33,35,37);1-2H. The van der Waals surface area contributed by atoms with Crippen LogP contribution in [0.2, 0.25) is 0 Å². The van der Waals surface area contributed by atoms with Gasteiger partial charge in [0.25, 0.3) is 5.91 Å². The number of benzene rings is 1. The number of hydrogen-bond acceptors (Lipinski definition) is 9. The van der Waals surface area contributed by atoms with E-state index in [0.29, 0.717) is 36.9 Å². The maximum Gasteiger partial charge on any atom is 0.303 e. The van der Waals surface area contributed by atoms with Crippen LogP contribution >= 0.6 is 23.1 Å². The fraction of sp³-hybridized carbons (Fsp3) is 0.273. The number of aromatic nitrogens is 3. The summed E-state index contributed by atoms with van der Waals surface area (Å²) < 4.78 is 16.3. The van der Waals surface area contributed by atoms with Crippen molar-refractivity contribution in [3.05, 3.63) is 89.8 Å². The number of terminal acetylenes is 1. The number of nitrogens with one attached hydrogen (secondary N) is 2. The lowest BCUT2D eigenvalue weighted by Crippen LogP contribution is -2.50. The zero-order valence-corrected chi connectivity index (χ0v) is 26.7.